The van der Waals surface area contributed by atoms with Gasteiger partial charge in [0.05, 0.1) is 12.3 Å². The van der Waals surface area contributed by atoms with Crippen LogP contribution in [0.1, 0.15) is 24.4 Å². The number of hydrogen-bond acceptors (Lipinski definition) is 4. The summed E-state index contributed by atoms with van der Waals surface area (Å²) in [7, 11) is -3.40. The molecule has 1 atom stereocenters. The maximum absolute atomic E-state index is 12.2. The zero-order valence-corrected chi connectivity index (χ0v) is 13.6. The summed E-state index contributed by atoms with van der Waals surface area (Å²) in [5, 5.41) is 6.02. The van der Waals surface area contributed by atoms with Crippen LogP contribution in [-0.2, 0) is 14.8 Å². The molecule has 1 saturated heterocycles. The molecule has 1 amide bonds. The Morgan fingerprint density at radius 1 is 1.14 bits per heavy atom. The number of carbonyl (C=O) groups excluding carboxylic acids is 1. The standard InChI is InChI=1S/C15H23N3O3S/c1-22(20,21)18-11-5-8-16-9-10-17-15(19)12-14(18)13-6-3-2-4-7-13/h2-4,6-7,14,16H,5,8-12H2,1H3,(H,17,19). The third kappa shape index (κ3) is 4.79. The van der Waals surface area contributed by atoms with E-state index in [2.05, 4.69) is 10.6 Å². The second-order valence-corrected chi connectivity index (χ2v) is 7.39. The van der Waals surface area contributed by atoms with Gasteiger partial charge in [0, 0.05) is 26.1 Å². The highest BCUT2D eigenvalue weighted by molar-refractivity contribution is 7.88. The lowest BCUT2D eigenvalue weighted by Crippen LogP contribution is -2.38. The fourth-order valence-electron chi connectivity index (χ4n) is 2.64. The van der Waals surface area contributed by atoms with Crippen LogP contribution < -0.4 is 10.6 Å². The number of nitrogens with one attached hydrogen (secondary N) is 2. The predicted octanol–water partition coefficient (Wildman–Crippen LogP) is 0.489. The third-order valence-electron chi connectivity index (χ3n) is 3.69. The molecule has 7 heteroatoms. The van der Waals surface area contributed by atoms with Gasteiger partial charge in [-0.3, -0.25) is 4.79 Å². The first kappa shape index (κ1) is 16.9. The van der Waals surface area contributed by atoms with Crippen molar-refractivity contribution in [2.75, 3.05) is 32.4 Å². The van der Waals surface area contributed by atoms with Crippen molar-refractivity contribution in [1.82, 2.24) is 14.9 Å². The Hall–Kier alpha value is -1.44. The highest BCUT2D eigenvalue weighted by Gasteiger charge is 2.29. The maximum Gasteiger partial charge on any atom is 0.222 e. The lowest BCUT2D eigenvalue weighted by Gasteiger charge is -2.29. The summed E-state index contributed by atoms with van der Waals surface area (Å²) in [6, 6.07) is 8.88. The molecule has 0 aromatic heterocycles. The molecule has 1 aliphatic rings. The normalized spacial score (nSPS) is 22.6. The first-order chi connectivity index (χ1) is 10.5. The largest absolute Gasteiger partial charge is 0.355 e. The smallest absolute Gasteiger partial charge is 0.222 e. The van der Waals surface area contributed by atoms with Crippen LogP contribution in [0.4, 0.5) is 0 Å². The Morgan fingerprint density at radius 2 is 1.86 bits per heavy atom. The lowest BCUT2D eigenvalue weighted by molar-refractivity contribution is -0.121. The monoisotopic (exact) mass is 325 g/mol. The Bertz CT molecular complexity index is 589. The number of rotatable bonds is 2. The molecular formula is C15H23N3O3S. The van der Waals surface area contributed by atoms with Gasteiger partial charge in [-0.25, -0.2) is 8.42 Å². The van der Waals surface area contributed by atoms with Crippen LogP contribution in [0.15, 0.2) is 30.3 Å². The van der Waals surface area contributed by atoms with E-state index in [0.717, 1.165) is 12.1 Å². The molecule has 1 unspecified atom stereocenters. The summed E-state index contributed by atoms with van der Waals surface area (Å²) >= 11 is 0. The molecule has 0 aliphatic carbocycles. The fraction of sp³-hybridized carbons (Fsp3) is 0.533. The molecular weight excluding hydrogens is 302 g/mol. The van der Waals surface area contributed by atoms with Crippen LogP contribution in [0.25, 0.3) is 0 Å². The highest BCUT2D eigenvalue weighted by Crippen LogP contribution is 2.27. The van der Waals surface area contributed by atoms with E-state index in [1.807, 2.05) is 30.3 Å². The van der Waals surface area contributed by atoms with Crippen molar-refractivity contribution < 1.29 is 13.2 Å². The number of hydrogen-bond donors (Lipinski definition) is 2. The van der Waals surface area contributed by atoms with Gasteiger partial charge in [0.15, 0.2) is 0 Å². The summed E-state index contributed by atoms with van der Waals surface area (Å²) < 4.78 is 25.8. The second-order valence-electron chi connectivity index (χ2n) is 5.46. The zero-order valence-electron chi connectivity index (χ0n) is 12.8. The summed E-state index contributed by atoms with van der Waals surface area (Å²) in [4.78, 5) is 12.1. The molecule has 2 rings (SSSR count). The van der Waals surface area contributed by atoms with E-state index in [1.54, 1.807) is 0 Å². The van der Waals surface area contributed by atoms with Gasteiger partial charge in [0.2, 0.25) is 15.9 Å². The number of nitrogens with zero attached hydrogens (tertiary/aromatic N) is 1. The minimum Gasteiger partial charge on any atom is -0.355 e. The molecule has 1 aliphatic heterocycles. The lowest BCUT2D eigenvalue weighted by atomic mass is 10.0. The summed E-state index contributed by atoms with van der Waals surface area (Å²) in [5.74, 6) is -0.133. The average molecular weight is 325 g/mol. The molecule has 122 valence electrons. The van der Waals surface area contributed by atoms with Gasteiger partial charge in [0.25, 0.3) is 0 Å². The van der Waals surface area contributed by atoms with Crippen molar-refractivity contribution in [1.29, 1.82) is 0 Å². The Balaban J connectivity index is 2.34. The molecule has 1 aromatic rings. The Morgan fingerprint density at radius 3 is 2.55 bits per heavy atom. The zero-order chi connectivity index (χ0) is 16.0. The minimum absolute atomic E-state index is 0.133. The van der Waals surface area contributed by atoms with E-state index in [-0.39, 0.29) is 12.3 Å². The fourth-order valence-corrected chi connectivity index (χ4v) is 3.76. The first-order valence-electron chi connectivity index (χ1n) is 7.47. The first-order valence-corrected chi connectivity index (χ1v) is 9.32. The van der Waals surface area contributed by atoms with Gasteiger partial charge >= 0.3 is 0 Å². The quantitative estimate of drug-likeness (QED) is 0.829. The number of carbonyl (C=O) groups is 1. The molecule has 2 N–H and O–H groups in total. The average Bonchev–Trinajstić information content (AvgIpc) is 2.51. The maximum atomic E-state index is 12.2. The van der Waals surface area contributed by atoms with Crippen LogP contribution in [-0.4, -0.2) is 51.1 Å². The van der Waals surface area contributed by atoms with Crippen molar-refractivity contribution in [2.45, 2.75) is 18.9 Å². The molecule has 22 heavy (non-hydrogen) atoms. The van der Waals surface area contributed by atoms with Crippen molar-refractivity contribution in [2.24, 2.45) is 0 Å². The van der Waals surface area contributed by atoms with E-state index in [1.165, 1.54) is 10.6 Å². The van der Waals surface area contributed by atoms with Crippen molar-refractivity contribution in [3.05, 3.63) is 35.9 Å². The molecule has 0 saturated carbocycles. The summed E-state index contributed by atoms with van der Waals surface area (Å²) in [5.41, 5.74) is 0.843. The topological polar surface area (TPSA) is 78.5 Å². The van der Waals surface area contributed by atoms with Crippen LogP contribution in [0, 0.1) is 0 Å². The van der Waals surface area contributed by atoms with Gasteiger partial charge in [-0.1, -0.05) is 30.3 Å². The minimum atomic E-state index is -3.40. The highest BCUT2D eigenvalue weighted by atomic mass is 32.2. The molecule has 1 heterocycles. The molecule has 0 spiro atoms. The van der Waals surface area contributed by atoms with Gasteiger partial charge in [-0.2, -0.15) is 4.31 Å². The number of amides is 1. The molecule has 6 nitrogen and oxygen atoms in total. The van der Waals surface area contributed by atoms with Crippen molar-refractivity contribution in [3.8, 4) is 0 Å². The van der Waals surface area contributed by atoms with Crippen molar-refractivity contribution in [3.63, 3.8) is 0 Å². The number of benzene rings is 1. The van der Waals surface area contributed by atoms with E-state index in [0.29, 0.717) is 26.1 Å². The van der Waals surface area contributed by atoms with Gasteiger partial charge < -0.3 is 10.6 Å². The Labute approximate surface area is 131 Å². The second kappa shape index (κ2) is 7.71. The molecule has 0 bridgehead atoms. The van der Waals surface area contributed by atoms with Gasteiger partial charge in [-0.05, 0) is 18.5 Å². The summed E-state index contributed by atoms with van der Waals surface area (Å²) in [6.07, 6.45) is 2.05. The van der Waals surface area contributed by atoms with Gasteiger partial charge in [-0.15, -0.1) is 0 Å². The van der Waals surface area contributed by atoms with Crippen LogP contribution >= 0.6 is 0 Å². The molecule has 1 aromatic carbocycles. The molecule has 1 fully saturated rings. The van der Waals surface area contributed by atoms with Crippen LogP contribution in [0.3, 0.4) is 0 Å². The van der Waals surface area contributed by atoms with Crippen molar-refractivity contribution >= 4 is 15.9 Å². The van der Waals surface area contributed by atoms with E-state index >= 15 is 0 Å². The SMILES string of the molecule is CS(=O)(=O)N1CCCNCCNC(=O)CC1c1ccccc1. The van der Waals surface area contributed by atoms with E-state index in [4.69, 9.17) is 0 Å². The Kier molecular flexibility index (Phi) is 5.93. The van der Waals surface area contributed by atoms with Crippen LogP contribution in [0.5, 0.6) is 0 Å². The van der Waals surface area contributed by atoms with Gasteiger partial charge in [0.1, 0.15) is 0 Å². The summed E-state index contributed by atoms with van der Waals surface area (Å²) in [6.45, 7) is 2.38. The predicted molar refractivity (Wildman–Crippen MR) is 85.8 cm³/mol. The van der Waals surface area contributed by atoms with E-state index < -0.39 is 16.1 Å². The number of sulfonamides is 1. The van der Waals surface area contributed by atoms with Crippen LogP contribution in [0.2, 0.25) is 0 Å². The molecule has 0 radical (unpaired) electrons. The van der Waals surface area contributed by atoms with E-state index in [9.17, 15) is 13.2 Å². The third-order valence-corrected chi connectivity index (χ3v) is 4.98.